The molecule has 0 spiro atoms. The van der Waals surface area contributed by atoms with Crippen molar-refractivity contribution in [3.63, 3.8) is 0 Å². The van der Waals surface area contributed by atoms with Crippen molar-refractivity contribution in [3.8, 4) is 11.8 Å². The zero-order valence-electron chi connectivity index (χ0n) is 11.4. The van der Waals surface area contributed by atoms with E-state index in [0.717, 1.165) is 12.8 Å². The molecule has 1 fully saturated rings. The van der Waals surface area contributed by atoms with Crippen LogP contribution >= 0.6 is 0 Å². The standard InChI is InChI=1S/C16H18FNO2/c1-2-11-10-15(11)18-16(20)14-7-6-13(17)9-12(14)5-3-4-8-19/h6-7,9,11,15,19H,2,4,8,10H2,1H3,(H,18,20). The van der Waals surface area contributed by atoms with Crippen LogP contribution in [-0.2, 0) is 0 Å². The molecular weight excluding hydrogens is 257 g/mol. The third kappa shape index (κ3) is 3.58. The first-order chi connectivity index (χ1) is 9.65. The van der Waals surface area contributed by atoms with Crippen molar-refractivity contribution in [2.24, 2.45) is 5.92 Å². The fourth-order valence-electron chi connectivity index (χ4n) is 2.15. The van der Waals surface area contributed by atoms with Gasteiger partial charge in [-0.1, -0.05) is 25.2 Å². The first kappa shape index (κ1) is 14.5. The predicted octanol–water partition coefficient (Wildman–Crippen LogP) is 2.09. The molecule has 1 aromatic rings. The Morgan fingerprint density at radius 1 is 1.55 bits per heavy atom. The molecule has 0 bridgehead atoms. The van der Waals surface area contributed by atoms with E-state index in [1.165, 1.54) is 18.2 Å². The summed E-state index contributed by atoms with van der Waals surface area (Å²) in [7, 11) is 0. The molecule has 1 aliphatic rings. The molecule has 0 aromatic heterocycles. The maximum absolute atomic E-state index is 13.3. The van der Waals surface area contributed by atoms with Gasteiger partial charge in [-0.2, -0.15) is 0 Å². The largest absolute Gasteiger partial charge is 0.395 e. The molecule has 1 aromatic carbocycles. The fourth-order valence-corrected chi connectivity index (χ4v) is 2.15. The van der Waals surface area contributed by atoms with Crippen molar-refractivity contribution in [3.05, 3.63) is 35.1 Å². The highest BCUT2D eigenvalue weighted by atomic mass is 19.1. The van der Waals surface area contributed by atoms with Crippen molar-refractivity contribution in [1.82, 2.24) is 5.32 Å². The van der Waals surface area contributed by atoms with Crippen LogP contribution in [0.25, 0.3) is 0 Å². The fraction of sp³-hybridized carbons (Fsp3) is 0.438. The van der Waals surface area contributed by atoms with Crippen LogP contribution in [0.2, 0.25) is 0 Å². The Kier molecular flexibility index (Phi) is 4.75. The Bertz CT molecular complexity index is 559. The molecule has 0 radical (unpaired) electrons. The number of rotatable bonds is 4. The number of benzene rings is 1. The molecule has 1 aliphatic carbocycles. The van der Waals surface area contributed by atoms with Gasteiger partial charge in [0.25, 0.3) is 5.91 Å². The van der Waals surface area contributed by atoms with Crippen molar-refractivity contribution < 1.29 is 14.3 Å². The first-order valence-corrected chi connectivity index (χ1v) is 6.85. The molecule has 0 saturated heterocycles. The van der Waals surface area contributed by atoms with E-state index in [-0.39, 0.29) is 18.6 Å². The molecule has 2 unspecified atom stereocenters. The topological polar surface area (TPSA) is 49.3 Å². The Hall–Kier alpha value is -1.86. The quantitative estimate of drug-likeness (QED) is 0.827. The van der Waals surface area contributed by atoms with Gasteiger partial charge < -0.3 is 10.4 Å². The van der Waals surface area contributed by atoms with E-state index < -0.39 is 5.82 Å². The van der Waals surface area contributed by atoms with Crippen molar-refractivity contribution >= 4 is 5.91 Å². The Morgan fingerprint density at radius 3 is 3.00 bits per heavy atom. The SMILES string of the molecule is CCC1CC1NC(=O)c1ccc(F)cc1C#CCCO. The van der Waals surface area contributed by atoms with E-state index in [2.05, 4.69) is 24.1 Å². The van der Waals surface area contributed by atoms with Crippen LogP contribution in [0.3, 0.4) is 0 Å². The zero-order chi connectivity index (χ0) is 14.5. The summed E-state index contributed by atoms with van der Waals surface area (Å²) in [6.07, 6.45) is 2.37. The first-order valence-electron chi connectivity index (χ1n) is 6.85. The van der Waals surface area contributed by atoms with Crippen molar-refractivity contribution in [2.75, 3.05) is 6.61 Å². The van der Waals surface area contributed by atoms with Gasteiger partial charge in [0.1, 0.15) is 5.82 Å². The minimum absolute atomic E-state index is 0.0515. The zero-order valence-corrected chi connectivity index (χ0v) is 11.4. The number of nitrogens with one attached hydrogen (secondary N) is 1. The lowest BCUT2D eigenvalue weighted by Crippen LogP contribution is -2.27. The van der Waals surface area contributed by atoms with Crippen LogP contribution in [-0.4, -0.2) is 23.7 Å². The van der Waals surface area contributed by atoms with Gasteiger partial charge in [-0.15, -0.1) is 0 Å². The van der Waals surface area contributed by atoms with Gasteiger partial charge in [-0.25, -0.2) is 4.39 Å². The summed E-state index contributed by atoms with van der Waals surface area (Å²) in [6.45, 7) is 2.05. The summed E-state index contributed by atoms with van der Waals surface area (Å²) in [6, 6.07) is 4.20. The molecule has 0 aliphatic heterocycles. The molecule has 0 heterocycles. The van der Waals surface area contributed by atoms with E-state index in [4.69, 9.17) is 5.11 Å². The van der Waals surface area contributed by atoms with Gasteiger partial charge in [-0.05, 0) is 30.5 Å². The van der Waals surface area contributed by atoms with Gasteiger partial charge >= 0.3 is 0 Å². The van der Waals surface area contributed by atoms with Gasteiger partial charge in [0.15, 0.2) is 0 Å². The summed E-state index contributed by atoms with van der Waals surface area (Å²) < 4.78 is 13.3. The highest BCUT2D eigenvalue weighted by Crippen LogP contribution is 2.33. The third-order valence-electron chi connectivity index (χ3n) is 3.45. The van der Waals surface area contributed by atoms with Crippen LogP contribution in [0.5, 0.6) is 0 Å². The number of carbonyl (C=O) groups is 1. The second kappa shape index (κ2) is 6.53. The average Bonchev–Trinajstić information content (AvgIpc) is 3.17. The van der Waals surface area contributed by atoms with E-state index in [1.54, 1.807) is 0 Å². The van der Waals surface area contributed by atoms with E-state index >= 15 is 0 Å². The molecule has 1 saturated carbocycles. The van der Waals surface area contributed by atoms with Crippen LogP contribution in [0.1, 0.15) is 42.1 Å². The second-order valence-electron chi connectivity index (χ2n) is 4.95. The average molecular weight is 275 g/mol. The number of carbonyl (C=O) groups excluding carboxylic acids is 1. The Morgan fingerprint density at radius 2 is 2.35 bits per heavy atom. The van der Waals surface area contributed by atoms with E-state index in [0.29, 0.717) is 23.5 Å². The number of halogens is 1. The highest BCUT2D eigenvalue weighted by Gasteiger charge is 2.36. The second-order valence-corrected chi connectivity index (χ2v) is 4.95. The molecule has 2 N–H and O–H groups in total. The number of amides is 1. The van der Waals surface area contributed by atoms with E-state index in [1.807, 2.05) is 0 Å². The summed E-state index contributed by atoms with van der Waals surface area (Å²) in [5, 5.41) is 11.6. The third-order valence-corrected chi connectivity index (χ3v) is 3.45. The molecule has 2 atom stereocenters. The van der Waals surface area contributed by atoms with Crippen LogP contribution in [0, 0.1) is 23.6 Å². The molecule has 106 valence electrons. The maximum atomic E-state index is 13.3. The molecule has 1 amide bonds. The molecule has 3 nitrogen and oxygen atoms in total. The number of aliphatic hydroxyl groups excluding tert-OH is 1. The highest BCUT2D eigenvalue weighted by molar-refractivity contribution is 5.97. The number of aliphatic hydroxyl groups is 1. The minimum Gasteiger partial charge on any atom is -0.395 e. The summed E-state index contributed by atoms with van der Waals surface area (Å²) in [4.78, 5) is 12.2. The van der Waals surface area contributed by atoms with Crippen molar-refractivity contribution in [1.29, 1.82) is 0 Å². The van der Waals surface area contributed by atoms with Gasteiger partial charge in [0.2, 0.25) is 0 Å². The van der Waals surface area contributed by atoms with Gasteiger partial charge in [-0.3, -0.25) is 4.79 Å². The Labute approximate surface area is 118 Å². The summed E-state index contributed by atoms with van der Waals surface area (Å²) >= 11 is 0. The summed E-state index contributed by atoms with van der Waals surface area (Å²) in [5.41, 5.74) is 0.753. The molecule has 2 rings (SSSR count). The smallest absolute Gasteiger partial charge is 0.252 e. The monoisotopic (exact) mass is 275 g/mol. The van der Waals surface area contributed by atoms with Gasteiger partial charge in [0, 0.05) is 18.0 Å². The normalized spacial score (nSPS) is 19.9. The minimum atomic E-state index is -0.423. The molecule has 4 heteroatoms. The lowest BCUT2D eigenvalue weighted by Gasteiger charge is -2.06. The lowest BCUT2D eigenvalue weighted by atomic mass is 10.1. The van der Waals surface area contributed by atoms with Crippen LogP contribution < -0.4 is 5.32 Å². The number of hydrogen-bond acceptors (Lipinski definition) is 2. The van der Waals surface area contributed by atoms with E-state index in [9.17, 15) is 9.18 Å². The number of hydrogen-bond donors (Lipinski definition) is 2. The van der Waals surface area contributed by atoms with Gasteiger partial charge in [0.05, 0.1) is 12.2 Å². The molecule has 20 heavy (non-hydrogen) atoms. The van der Waals surface area contributed by atoms with Crippen LogP contribution in [0.4, 0.5) is 4.39 Å². The van der Waals surface area contributed by atoms with Crippen molar-refractivity contribution in [2.45, 2.75) is 32.2 Å². The maximum Gasteiger partial charge on any atom is 0.252 e. The Balaban J connectivity index is 2.14. The summed E-state index contributed by atoms with van der Waals surface area (Å²) in [5.74, 6) is 5.39. The molecular formula is C16H18FNO2. The lowest BCUT2D eigenvalue weighted by molar-refractivity contribution is 0.0948. The van der Waals surface area contributed by atoms with Crippen LogP contribution in [0.15, 0.2) is 18.2 Å². The predicted molar refractivity (Wildman–Crippen MR) is 74.6 cm³/mol.